The second kappa shape index (κ2) is 7.39. The molecule has 0 unspecified atom stereocenters. The standard InChI is InChI=1S/C13H13N5O4/c1-2-22-13(21)10(6-14)18-17-9-4-7(11(15)19)3-8(5-9)12(16)20/h3-5,17H,2H2,1H3,(H2,15,19)(H2,16,20)/b18-10-. The summed E-state index contributed by atoms with van der Waals surface area (Å²) in [6.45, 7) is 1.66. The van der Waals surface area contributed by atoms with Gasteiger partial charge in [-0.15, -0.1) is 0 Å². The van der Waals surface area contributed by atoms with Crippen LogP contribution in [0.5, 0.6) is 0 Å². The lowest BCUT2D eigenvalue weighted by atomic mass is 10.1. The van der Waals surface area contributed by atoms with Gasteiger partial charge in [-0.05, 0) is 25.1 Å². The molecule has 0 saturated heterocycles. The van der Waals surface area contributed by atoms with Gasteiger partial charge in [0.05, 0.1) is 12.3 Å². The van der Waals surface area contributed by atoms with E-state index in [2.05, 4.69) is 15.3 Å². The molecule has 0 bridgehead atoms. The summed E-state index contributed by atoms with van der Waals surface area (Å²) in [6, 6.07) is 5.36. The second-order valence-electron chi connectivity index (χ2n) is 3.93. The van der Waals surface area contributed by atoms with E-state index in [-0.39, 0.29) is 23.4 Å². The van der Waals surface area contributed by atoms with E-state index in [1.54, 1.807) is 13.0 Å². The van der Waals surface area contributed by atoms with Crippen LogP contribution in [-0.4, -0.2) is 30.1 Å². The molecular weight excluding hydrogens is 290 g/mol. The van der Waals surface area contributed by atoms with Crippen molar-refractivity contribution in [3.8, 4) is 6.07 Å². The number of esters is 1. The molecule has 1 rings (SSSR count). The van der Waals surface area contributed by atoms with Gasteiger partial charge in [0, 0.05) is 11.1 Å². The summed E-state index contributed by atoms with van der Waals surface area (Å²) in [5, 5.41) is 12.4. The van der Waals surface area contributed by atoms with Gasteiger partial charge in [-0.1, -0.05) is 0 Å². The monoisotopic (exact) mass is 303 g/mol. The minimum absolute atomic E-state index is 0.0173. The van der Waals surface area contributed by atoms with E-state index < -0.39 is 23.5 Å². The Labute approximate surface area is 125 Å². The number of amides is 2. The Morgan fingerprint density at radius 1 is 1.23 bits per heavy atom. The van der Waals surface area contributed by atoms with Crippen LogP contribution in [0.1, 0.15) is 27.6 Å². The van der Waals surface area contributed by atoms with E-state index in [9.17, 15) is 14.4 Å². The lowest BCUT2D eigenvalue weighted by molar-refractivity contribution is -0.134. The van der Waals surface area contributed by atoms with Gasteiger partial charge in [0.1, 0.15) is 6.07 Å². The highest BCUT2D eigenvalue weighted by Gasteiger charge is 2.13. The van der Waals surface area contributed by atoms with Crippen LogP contribution in [0.3, 0.4) is 0 Å². The van der Waals surface area contributed by atoms with Crippen LogP contribution in [-0.2, 0) is 9.53 Å². The van der Waals surface area contributed by atoms with Crippen LogP contribution in [0.25, 0.3) is 0 Å². The molecule has 0 fully saturated rings. The summed E-state index contributed by atoms with van der Waals surface area (Å²) >= 11 is 0. The molecule has 9 heteroatoms. The maximum Gasteiger partial charge on any atom is 0.369 e. The molecule has 1 aromatic rings. The van der Waals surface area contributed by atoms with Crippen LogP contribution in [0.2, 0.25) is 0 Å². The lowest BCUT2D eigenvalue weighted by Crippen LogP contribution is -2.18. The third-order valence-electron chi connectivity index (χ3n) is 2.37. The van der Waals surface area contributed by atoms with E-state index in [4.69, 9.17) is 16.7 Å². The van der Waals surface area contributed by atoms with Gasteiger partial charge in [-0.25, -0.2) is 4.79 Å². The molecule has 0 aromatic heterocycles. The molecule has 0 atom stereocenters. The fraction of sp³-hybridized carbons (Fsp3) is 0.154. The minimum Gasteiger partial charge on any atom is -0.461 e. The smallest absolute Gasteiger partial charge is 0.369 e. The Hall–Kier alpha value is -3.41. The number of carbonyl (C=O) groups excluding carboxylic acids is 3. The van der Waals surface area contributed by atoms with Gasteiger partial charge in [0.15, 0.2) is 0 Å². The molecule has 2 amide bonds. The van der Waals surface area contributed by atoms with E-state index in [0.29, 0.717) is 0 Å². The molecule has 22 heavy (non-hydrogen) atoms. The van der Waals surface area contributed by atoms with Crippen molar-refractivity contribution < 1.29 is 19.1 Å². The van der Waals surface area contributed by atoms with Crippen molar-refractivity contribution in [2.45, 2.75) is 6.92 Å². The summed E-state index contributed by atoms with van der Waals surface area (Å²) in [6.07, 6.45) is 0. The largest absolute Gasteiger partial charge is 0.461 e. The van der Waals surface area contributed by atoms with Crippen molar-refractivity contribution in [3.63, 3.8) is 0 Å². The third kappa shape index (κ3) is 4.31. The fourth-order valence-electron chi connectivity index (χ4n) is 1.41. The molecule has 9 nitrogen and oxygen atoms in total. The second-order valence-corrected chi connectivity index (χ2v) is 3.93. The molecule has 0 aliphatic carbocycles. The van der Waals surface area contributed by atoms with Gasteiger partial charge in [0.2, 0.25) is 17.5 Å². The number of nitrogens with two attached hydrogens (primary N) is 2. The molecule has 0 aliphatic heterocycles. The number of nitrogens with one attached hydrogen (secondary N) is 1. The number of ether oxygens (including phenoxy) is 1. The quantitative estimate of drug-likeness (QED) is 0.372. The SMILES string of the molecule is CCOC(=O)/C(C#N)=N\Nc1cc(C(N)=O)cc(C(N)=O)c1. The minimum atomic E-state index is -0.904. The summed E-state index contributed by atoms with van der Waals surface area (Å²) < 4.78 is 4.63. The molecule has 0 spiro atoms. The number of benzene rings is 1. The highest BCUT2D eigenvalue weighted by atomic mass is 16.5. The Balaban J connectivity index is 3.11. The maximum atomic E-state index is 11.4. The molecular formula is C13H13N5O4. The number of carbonyl (C=O) groups is 3. The van der Waals surface area contributed by atoms with Crippen LogP contribution >= 0.6 is 0 Å². The zero-order valence-electron chi connectivity index (χ0n) is 11.6. The van der Waals surface area contributed by atoms with Crippen LogP contribution in [0.4, 0.5) is 5.69 Å². The first-order valence-electron chi connectivity index (χ1n) is 6.04. The Morgan fingerprint density at radius 3 is 2.18 bits per heavy atom. The van der Waals surface area contributed by atoms with Gasteiger partial charge in [-0.3, -0.25) is 15.0 Å². The van der Waals surface area contributed by atoms with Crippen molar-refractivity contribution in [1.82, 2.24) is 0 Å². The molecule has 1 aromatic carbocycles. The highest BCUT2D eigenvalue weighted by Crippen LogP contribution is 2.15. The molecule has 0 radical (unpaired) electrons. The van der Waals surface area contributed by atoms with E-state index in [0.717, 1.165) is 0 Å². The van der Waals surface area contributed by atoms with Crippen molar-refractivity contribution in [1.29, 1.82) is 5.26 Å². The Bertz CT molecular complexity index is 658. The summed E-state index contributed by atoms with van der Waals surface area (Å²) in [5.74, 6) is -2.46. The zero-order valence-corrected chi connectivity index (χ0v) is 11.6. The number of hydrogen-bond acceptors (Lipinski definition) is 7. The third-order valence-corrected chi connectivity index (χ3v) is 2.37. The van der Waals surface area contributed by atoms with E-state index in [1.165, 1.54) is 18.2 Å². The topological polar surface area (TPSA) is 161 Å². The van der Waals surface area contributed by atoms with Gasteiger partial charge in [-0.2, -0.15) is 10.4 Å². The Kier molecular flexibility index (Phi) is 5.59. The van der Waals surface area contributed by atoms with E-state index in [1.807, 2.05) is 0 Å². The number of hydrogen-bond donors (Lipinski definition) is 3. The lowest BCUT2D eigenvalue weighted by Gasteiger charge is -2.06. The fourth-order valence-corrected chi connectivity index (χ4v) is 1.41. The highest BCUT2D eigenvalue weighted by molar-refractivity contribution is 6.43. The summed E-state index contributed by atoms with van der Waals surface area (Å²) in [4.78, 5) is 33.8. The average molecular weight is 303 g/mol. The normalized spacial score (nSPS) is 10.5. The van der Waals surface area contributed by atoms with Crippen molar-refractivity contribution in [2.24, 2.45) is 16.6 Å². The summed E-state index contributed by atoms with van der Waals surface area (Å²) in [7, 11) is 0. The van der Waals surface area contributed by atoms with E-state index >= 15 is 0 Å². The first-order chi connectivity index (χ1) is 10.4. The van der Waals surface area contributed by atoms with Gasteiger partial charge in [0.25, 0.3) is 0 Å². The van der Waals surface area contributed by atoms with Crippen LogP contribution < -0.4 is 16.9 Å². The molecule has 0 saturated carbocycles. The maximum absolute atomic E-state index is 11.4. The number of hydrazone groups is 1. The molecule has 114 valence electrons. The Morgan fingerprint density at radius 2 is 1.77 bits per heavy atom. The number of nitrogens with zero attached hydrogens (tertiary/aromatic N) is 2. The molecule has 0 aliphatic rings. The van der Waals surface area contributed by atoms with Crippen molar-refractivity contribution >= 4 is 29.2 Å². The van der Waals surface area contributed by atoms with Crippen molar-refractivity contribution in [2.75, 3.05) is 12.0 Å². The first kappa shape index (κ1) is 16.6. The predicted molar refractivity (Wildman–Crippen MR) is 76.8 cm³/mol. The number of rotatable bonds is 6. The van der Waals surface area contributed by atoms with Gasteiger partial charge >= 0.3 is 5.97 Å². The van der Waals surface area contributed by atoms with Gasteiger partial charge < -0.3 is 16.2 Å². The summed E-state index contributed by atoms with van der Waals surface area (Å²) in [5.41, 5.74) is 12.3. The number of primary amides is 2. The number of nitriles is 1. The van der Waals surface area contributed by atoms with Crippen molar-refractivity contribution in [3.05, 3.63) is 29.3 Å². The van der Waals surface area contributed by atoms with Crippen LogP contribution in [0, 0.1) is 11.3 Å². The van der Waals surface area contributed by atoms with Crippen LogP contribution in [0.15, 0.2) is 23.3 Å². The molecule has 0 heterocycles. The molecule has 5 N–H and O–H groups in total. The number of anilines is 1. The zero-order chi connectivity index (χ0) is 16.7. The first-order valence-corrected chi connectivity index (χ1v) is 6.04. The predicted octanol–water partition coefficient (Wildman–Crippen LogP) is -0.261. The average Bonchev–Trinajstić information content (AvgIpc) is 2.47.